The second-order valence-electron chi connectivity index (χ2n) is 5.16. The van der Waals surface area contributed by atoms with Crippen molar-refractivity contribution in [1.82, 2.24) is 0 Å². The molecule has 0 unspecified atom stereocenters. The van der Waals surface area contributed by atoms with E-state index in [0.717, 1.165) is 0 Å². The number of ketones is 2. The maximum absolute atomic E-state index is 12.7. The van der Waals surface area contributed by atoms with Crippen molar-refractivity contribution in [1.29, 1.82) is 0 Å². The van der Waals surface area contributed by atoms with Crippen LogP contribution in [0.1, 0.15) is 49.9 Å². The third-order valence-electron chi connectivity index (χ3n) is 3.95. The van der Waals surface area contributed by atoms with Crippen molar-refractivity contribution in [3.05, 3.63) is 57.6 Å². The standard InChI is InChI=1S/C17H14O4/c1-3-9-5-7-11(19)15-13(9)17(21)14-10(18)6-4-8(2)12(14)16(15)20/h4-7,18-19H,3H2,1-2H3. The minimum atomic E-state index is -0.416. The van der Waals surface area contributed by atoms with Gasteiger partial charge in [-0.15, -0.1) is 0 Å². The summed E-state index contributed by atoms with van der Waals surface area (Å²) >= 11 is 0. The summed E-state index contributed by atoms with van der Waals surface area (Å²) in [6, 6.07) is 6.08. The largest absolute Gasteiger partial charge is 0.507 e. The van der Waals surface area contributed by atoms with Crippen LogP contribution in [0.4, 0.5) is 0 Å². The summed E-state index contributed by atoms with van der Waals surface area (Å²) < 4.78 is 0. The lowest BCUT2D eigenvalue weighted by Crippen LogP contribution is -2.24. The van der Waals surface area contributed by atoms with Gasteiger partial charge in [-0.3, -0.25) is 9.59 Å². The molecule has 2 aromatic rings. The highest BCUT2D eigenvalue weighted by Gasteiger charge is 2.36. The molecule has 0 aliphatic heterocycles. The predicted octanol–water partition coefficient (Wildman–Crippen LogP) is 2.74. The lowest BCUT2D eigenvalue weighted by Gasteiger charge is -2.22. The summed E-state index contributed by atoms with van der Waals surface area (Å²) in [6.07, 6.45) is 0.559. The van der Waals surface area contributed by atoms with Gasteiger partial charge in [-0.1, -0.05) is 19.1 Å². The summed E-state index contributed by atoms with van der Waals surface area (Å²) in [4.78, 5) is 25.4. The quantitative estimate of drug-likeness (QED) is 0.719. The van der Waals surface area contributed by atoms with Crippen LogP contribution >= 0.6 is 0 Å². The fourth-order valence-corrected chi connectivity index (χ4v) is 2.89. The smallest absolute Gasteiger partial charge is 0.198 e. The first-order valence-electron chi connectivity index (χ1n) is 6.74. The number of aromatic hydroxyl groups is 2. The van der Waals surface area contributed by atoms with Crippen LogP contribution in [0.2, 0.25) is 0 Å². The van der Waals surface area contributed by atoms with Crippen molar-refractivity contribution < 1.29 is 19.8 Å². The molecule has 0 aromatic heterocycles. The molecular weight excluding hydrogens is 268 g/mol. The predicted molar refractivity (Wildman–Crippen MR) is 77.2 cm³/mol. The molecule has 21 heavy (non-hydrogen) atoms. The third kappa shape index (κ3) is 1.69. The molecular formula is C17H14O4. The van der Waals surface area contributed by atoms with Gasteiger partial charge in [-0.2, -0.15) is 0 Å². The number of fused-ring (bicyclic) bond motifs is 2. The number of phenols is 2. The Morgan fingerprint density at radius 2 is 1.33 bits per heavy atom. The zero-order valence-corrected chi connectivity index (χ0v) is 11.7. The van der Waals surface area contributed by atoms with Crippen molar-refractivity contribution >= 4 is 11.6 Å². The van der Waals surface area contributed by atoms with E-state index in [1.165, 1.54) is 12.1 Å². The number of aryl methyl sites for hydroxylation is 2. The van der Waals surface area contributed by atoms with Gasteiger partial charge in [0.25, 0.3) is 0 Å². The summed E-state index contributed by atoms with van der Waals surface area (Å²) in [6.45, 7) is 3.57. The minimum absolute atomic E-state index is 0.0350. The van der Waals surface area contributed by atoms with E-state index in [2.05, 4.69) is 0 Å². The van der Waals surface area contributed by atoms with Gasteiger partial charge in [0, 0.05) is 11.1 Å². The van der Waals surface area contributed by atoms with E-state index in [1.54, 1.807) is 19.1 Å². The number of carbonyl (C=O) groups excluding carboxylic acids is 2. The minimum Gasteiger partial charge on any atom is -0.507 e. The molecule has 106 valence electrons. The molecule has 0 spiro atoms. The average molecular weight is 282 g/mol. The van der Waals surface area contributed by atoms with E-state index >= 15 is 0 Å². The molecule has 0 saturated carbocycles. The topological polar surface area (TPSA) is 74.6 Å². The normalized spacial score (nSPS) is 13.0. The average Bonchev–Trinajstić information content (AvgIpc) is 2.46. The van der Waals surface area contributed by atoms with Gasteiger partial charge in [-0.05, 0) is 36.6 Å². The van der Waals surface area contributed by atoms with E-state index in [4.69, 9.17) is 0 Å². The zero-order valence-electron chi connectivity index (χ0n) is 11.7. The van der Waals surface area contributed by atoms with Crippen LogP contribution < -0.4 is 0 Å². The molecule has 0 fully saturated rings. The van der Waals surface area contributed by atoms with Crippen molar-refractivity contribution in [3.63, 3.8) is 0 Å². The number of rotatable bonds is 1. The molecule has 2 aromatic carbocycles. The Kier molecular flexibility index (Phi) is 2.83. The van der Waals surface area contributed by atoms with Crippen LogP contribution in [0.25, 0.3) is 0 Å². The highest BCUT2D eigenvalue weighted by Crippen LogP contribution is 2.39. The molecule has 0 amide bonds. The summed E-state index contributed by atoms with van der Waals surface area (Å²) in [7, 11) is 0. The molecule has 2 N–H and O–H groups in total. The van der Waals surface area contributed by atoms with Crippen LogP contribution in [0.15, 0.2) is 24.3 Å². The van der Waals surface area contributed by atoms with E-state index < -0.39 is 11.6 Å². The zero-order chi connectivity index (χ0) is 15.3. The lowest BCUT2D eigenvalue weighted by molar-refractivity contribution is 0.0973. The molecule has 3 rings (SSSR count). The number of hydrogen-bond acceptors (Lipinski definition) is 4. The fraction of sp³-hybridized carbons (Fsp3) is 0.176. The second kappa shape index (κ2) is 4.45. The number of hydrogen-bond donors (Lipinski definition) is 2. The molecule has 1 aliphatic carbocycles. The van der Waals surface area contributed by atoms with Crippen LogP contribution in [0.3, 0.4) is 0 Å². The number of phenolic OH excluding ortho intramolecular Hbond substituents is 2. The van der Waals surface area contributed by atoms with Crippen molar-refractivity contribution in [3.8, 4) is 11.5 Å². The molecule has 4 heteroatoms. The van der Waals surface area contributed by atoms with E-state index in [9.17, 15) is 19.8 Å². The molecule has 0 saturated heterocycles. The number of benzene rings is 2. The molecule has 0 heterocycles. The Hall–Kier alpha value is -2.62. The Balaban J connectivity index is 2.44. The maximum atomic E-state index is 12.7. The Bertz CT molecular complexity index is 803. The van der Waals surface area contributed by atoms with E-state index in [-0.39, 0.29) is 33.8 Å². The Labute approximate surface area is 121 Å². The first-order chi connectivity index (χ1) is 9.97. The summed E-state index contributed by atoms with van der Waals surface area (Å²) in [5.74, 6) is -1.23. The first kappa shape index (κ1) is 13.4. The van der Waals surface area contributed by atoms with Crippen LogP contribution in [0.5, 0.6) is 11.5 Å². The van der Waals surface area contributed by atoms with Crippen molar-refractivity contribution in [2.24, 2.45) is 0 Å². The fourth-order valence-electron chi connectivity index (χ4n) is 2.89. The second-order valence-corrected chi connectivity index (χ2v) is 5.16. The molecule has 4 nitrogen and oxygen atoms in total. The highest BCUT2D eigenvalue weighted by molar-refractivity contribution is 6.31. The van der Waals surface area contributed by atoms with Crippen LogP contribution in [-0.4, -0.2) is 21.8 Å². The maximum Gasteiger partial charge on any atom is 0.198 e. The van der Waals surface area contributed by atoms with E-state index in [0.29, 0.717) is 17.5 Å². The first-order valence-corrected chi connectivity index (χ1v) is 6.74. The monoisotopic (exact) mass is 282 g/mol. The van der Waals surface area contributed by atoms with E-state index in [1.807, 2.05) is 6.92 Å². The third-order valence-corrected chi connectivity index (χ3v) is 3.95. The van der Waals surface area contributed by atoms with Gasteiger partial charge in [0.15, 0.2) is 11.6 Å². The van der Waals surface area contributed by atoms with Crippen molar-refractivity contribution in [2.75, 3.05) is 0 Å². The number of carbonyl (C=O) groups is 2. The van der Waals surface area contributed by atoms with Gasteiger partial charge in [0.2, 0.25) is 0 Å². The SMILES string of the molecule is CCc1ccc(O)c2c1C(=O)c1c(O)ccc(C)c1C2=O. The summed E-state index contributed by atoms with van der Waals surface area (Å²) in [5, 5.41) is 20.0. The van der Waals surface area contributed by atoms with Gasteiger partial charge < -0.3 is 10.2 Å². The molecule has 0 radical (unpaired) electrons. The van der Waals surface area contributed by atoms with Gasteiger partial charge >= 0.3 is 0 Å². The lowest BCUT2D eigenvalue weighted by atomic mass is 9.79. The van der Waals surface area contributed by atoms with Gasteiger partial charge in [0.05, 0.1) is 11.1 Å². The molecule has 0 atom stereocenters. The Morgan fingerprint density at radius 1 is 0.810 bits per heavy atom. The molecule has 1 aliphatic rings. The van der Waals surface area contributed by atoms with Crippen LogP contribution in [-0.2, 0) is 6.42 Å². The van der Waals surface area contributed by atoms with Crippen LogP contribution in [0, 0.1) is 6.92 Å². The van der Waals surface area contributed by atoms with Crippen molar-refractivity contribution in [2.45, 2.75) is 20.3 Å². The Morgan fingerprint density at radius 3 is 1.95 bits per heavy atom. The highest BCUT2D eigenvalue weighted by atomic mass is 16.3. The molecule has 0 bridgehead atoms. The summed E-state index contributed by atoms with van der Waals surface area (Å²) in [5.41, 5.74) is 1.75. The van der Waals surface area contributed by atoms with Gasteiger partial charge in [-0.25, -0.2) is 0 Å². The van der Waals surface area contributed by atoms with Gasteiger partial charge in [0.1, 0.15) is 11.5 Å².